The number of hydrogen-bond acceptors (Lipinski definition) is 0. The van der Waals surface area contributed by atoms with E-state index in [1.165, 1.54) is 12.0 Å². The standard InChI is InChI=1S/C8H10/c1-2-3-4-5-8-6-7-8/h4,6-7H,2-3H2,1H3. The highest BCUT2D eigenvalue weighted by atomic mass is 14.0. The van der Waals surface area contributed by atoms with E-state index >= 15 is 0 Å². The molecule has 42 valence electrons. The van der Waals surface area contributed by atoms with Crippen LogP contribution < -0.4 is 0 Å². The molecular formula is C8H10. The Kier molecular flexibility index (Phi) is 1.71. The van der Waals surface area contributed by atoms with Gasteiger partial charge in [-0.15, -0.1) is 5.73 Å². The summed E-state index contributed by atoms with van der Waals surface area (Å²) in [6.07, 6.45) is 8.60. The molecule has 0 aliphatic heterocycles. The van der Waals surface area contributed by atoms with Gasteiger partial charge in [0.2, 0.25) is 0 Å². The Balaban J connectivity index is 2.24. The quantitative estimate of drug-likeness (QED) is 0.474. The lowest BCUT2D eigenvalue weighted by Crippen LogP contribution is -1.55. The molecule has 0 saturated carbocycles. The smallest absolute Gasteiger partial charge is 0.0162 e. The Morgan fingerprint density at radius 1 is 1.62 bits per heavy atom. The largest absolute Gasteiger partial charge is 0.117 e. The molecule has 1 rings (SSSR count). The van der Waals surface area contributed by atoms with Gasteiger partial charge in [0.25, 0.3) is 0 Å². The van der Waals surface area contributed by atoms with Crippen LogP contribution in [0, 0.1) is 0 Å². The van der Waals surface area contributed by atoms with Crippen molar-refractivity contribution >= 4 is 0 Å². The van der Waals surface area contributed by atoms with Crippen molar-refractivity contribution in [1.29, 1.82) is 0 Å². The highest BCUT2D eigenvalue weighted by Gasteiger charge is 1.92. The zero-order valence-electron chi connectivity index (χ0n) is 5.15. The predicted octanol–water partition coefficient (Wildman–Crippen LogP) is 2.44. The fraction of sp³-hybridized carbons (Fsp3) is 0.375. The van der Waals surface area contributed by atoms with E-state index in [0.717, 1.165) is 6.42 Å². The van der Waals surface area contributed by atoms with Crippen LogP contribution in [0.3, 0.4) is 0 Å². The molecule has 0 fully saturated rings. The molecule has 0 atom stereocenters. The van der Waals surface area contributed by atoms with Crippen LogP contribution in [0.25, 0.3) is 0 Å². The van der Waals surface area contributed by atoms with Gasteiger partial charge >= 0.3 is 0 Å². The van der Waals surface area contributed by atoms with E-state index in [2.05, 4.69) is 30.9 Å². The maximum Gasteiger partial charge on any atom is 0.0162 e. The Labute approximate surface area is 50.2 Å². The summed E-state index contributed by atoms with van der Waals surface area (Å²) in [5.41, 5.74) is 4.40. The van der Waals surface area contributed by atoms with Gasteiger partial charge in [-0.25, -0.2) is 0 Å². The second-order valence-electron chi connectivity index (χ2n) is 1.93. The van der Waals surface area contributed by atoms with Gasteiger partial charge in [0, 0.05) is 5.57 Å². The molecule has 0 aromatic rings. The van der Waals surface area contributed by atoms with E-state index in [-0.39, 0.29) is 0 Å². The molecule has 1 aliphatic carbocycles. The third kappa shape index (κ3) is 1.81. The van der Waals surface area contributed by atoms with Crippen LogP contribution >= 0.6 is 0 Å². The monoisotopic (exact) mass is 106 g/mol. The predicted molar refractivity (Wildman–Crippen MR) is 35.6 cm³/mol. The first kappa shape index (κ1) is 5.40. The topological polar surface area (TPSA) is 0 Å². The summed E-state index contributed by atoms with van der Waals surface area (Å²) >= 11 is 0. The Bertz CT molecular complexity index is 147. The highest BCUT2D eigenvalue weighted by Crippen LogP contribution is 2.10. The highest BCUT2D eigenvalue weighted by molar-refractivity contribution is 5.45. The van der Waals surface area contributed by atoms with Crippen molar-refractivity contribution in [3.05, 3.63) is 29.5 Å². The average Bonchev–Trinajstić information content (AvgIpc) is 2.51. The molecule has 0 unspecified atom stereocenters. The van der Waals surface area contributed by atoms with E-state index in [1.54, 1.807) is 0 Å². The summed E-state index contributed by atoms with van der Waals surface area (Å²) in [6.45, 7) is 2.17. The van der Waals surface area contributed by atoms with E-state index in [9.17, 15) is 0 Å². The van der Waals surface area contributed by atoms with Crippen LogP contribution in [0.15, 0.2) is 29.5 Å². The zero-order chi connectivity index (χ0) is 5.82. The van der Waals surface area contributed by atoms with E-state index in [1.807, 2.05) is 0 Å². The van der Waals surface area contributed by atoms with Crippen LogP contribution in [-0.2, 0) is 0 Å². The van der Waals surface area contributed by atoms with Gasteiger partial charge in [-0.2, -0.15) is 0 Å². The van der Waals surface area contributed by atoms with Gasteiger partial charge in [0.15, 0.2) is 0 Å². The number of unbranched alkanes of at least 4 members (excludes halogenated alkanes) is 1. The second-order valence-corrected chi connectivity index (χ2v) is 1.93. The minimum atomic E-state index is 1.16. The maximum absolute atomic E-state index is 3.14. The van der Waals surface area contributed by atoms with Gasteiger partial charge in [-0.05, 0) is 24.6 Å². The fourth-order valence-electron chi connectivity index (χ4n) is 0.472. The first-order chi connectivity index (χ1) is 3.93. The number of hydrogen-bond donors (Lipinski definition) is 0. The minimum Gasteiger partial charge on any atom is -0.117 e. The molecule has 0 heterocycles. The minimum absolute atomic E-state index is 1.16. The Morgan fingerprint density at radius 2 is 2.38 bits per heavy atom. The molecule has 0 saturated heterocycles. The summed E-state index contributed by atoms with van der Waals surface area (Å²) in [7, 11) is 0. The summed E-state index contributed by atoms with van der Waals surface area (Å²) in [6, 6.07) is 0. The number of allylic oxidation sites excluding steroid dienone is 3. The van der Waals surface area contributed by atoms with Crippen LogP contribution in [0.2, 0.25) is 0 Å². The summed E-state index contributed by atoms with van der Waals surface area (Å²) in [5, 5.41) is 0. The van der Waals surface area contributed by atoms with Crippen molar-refractivity contribution in [2.24, 2.45) is 0 Å². The molecule has 0 amide bonds. The van der Waals surface area contributed by atoms with Crippen molar-refractivity contribution in [3.63, 3.8) is 0 Å². The zero-order valence-corrected chi connectivity index (χ0v) is 5.15. The van der Waals surface area contributed by atoms with Gasteiger partial charge < -0.3 is 0 Å². The first-order valence-corrected chi connectivity index (χ1v) is 3.06. The van der Waals surface area contributed by atoms with E-state index in [4.69, 9.17) is 0 Å². The normalized spacial score (nSPS) is 13.4. The maximum atomic E-state index is 3.14. The van der Waals surface area contributed by atoms with E-state index in [0.29, 0.717) is 0 Å². The lowest BCUT2D eigenvalue weighted by Gasteiger charge is -1.74. The van der Waals surface area contributed by atoms with Gasteiger partial charge in [0.05, 0.1) is 0 Å². The van der Waals surface area contributed by atoms with Crippen molar-refractivity contribution in [1.82, 2.24) is 0 Å². The lowest BCUT2D eigenvalue weighted by molar-refractivity contribution is 0.960. The van der Waals surface area contributed by atoms with Crippen molar-refractivity contribution in [2.75, 3.05) is 0 Å². The van der Waals surface area contributed by atoms with Gasteiger partial charge in [-0.1, -0.05) is 13.3 Å². The molecule has 0 aromatic carbocycles. The molecule has 8 heavy (non-hydrogen) atoms. The second kappa shape index (κ2) is 2.54. The Hall–Kier alpha value is -0.740. The molecule has 0 bridgehead atoms. The van der Waals surface area contributed by atoms with E-state index < -0.39 is 0 Å². The molecule has 0 heteroatoms. The van der Waals surface area contributed by atoms with Crippen molar-refractivity contribution in [2.45, 2.75) is 19.8 Å². The summed E-state index contributed by atoms with van der Waals surface area (Å²) in [5.74, 6) is 0. The van der Waals surface area contributed by atoms with Crippen LogP contribution in [0.4, 0.5) is 0 Å². The average molecular weight is 106 g/mol. The van der Waals surface area contributed by atoms with Crippen LogP contribution in [-0.4, -0.2) is 0 Å². The third-order valence-corrected chi connectivity index (χ3v) is 1.04. The van der Waals surface area contributed by atoms with Crippen molar-refractivity contribution < 1.29 is 0 Å². The molecule has 0 radical (unpaired) electrons. The third-order valence-electron chi connectivity index (χ3n) is 1.04. The van der Waals surface area contributed by atoms with Crippen LogP contribution in [0.5, 0.6) is 0 Å². The van der Waals surface area contributed by atoms with Crippen molar-refractivity contribution in [3.8, 4) is 0 Å². The molecule has 0 aromatic heterocycles. The summed E-state index contributed by atoms with van der Waals surface area (Å²) < 4.78 is 0. The molecule has 0 nitrogen and oxygen atoms in total. The lowest BCUT2D eigenvalue weighted by atomic mass is 10.3. The fourth-order valence-corrected chi connectivity index (χ4v) is 0.472. The SMILES string of the molecule is CCCC=C=C1C=C1. The Morgan fingerprint density at radius 3 is 2.88 bits per heavy atom. The number of rotatable bonds is 2. The molecule has 0 spiro atoms. The van der Waals surface area contributed by atoms with Gasteiger partial charge in [-0.3, -0.25) is 0 Å². The summed E-state index contributed by atoms with van der Waals surface area (Å²) in [4.78, 5) is 0. The molecule has 0 N–H and O–H groups in total. The first-order valence-electron chi connectivity index (χ1n) is 3.06. The molecular weight excluding hydrogens is 96.1 g/mol. The van der Waals surface area contributed by atoms with Crippen LogP contribution in [0.1, 0.15) is 19.8 Å². The van der Waals surface area contributed by atoms with Gasteiger partial charge in [0.1, 0.15) is 0 Å². The molecule has 1 aliphatic rings.